The third-order valence-electron chi connectivity index (χ3n) is 3.51. The highest BCUT2D eigenvalue weighted by atomic mass is 14.2. The van der Waals surface area contributed by atoms with Crippen molar-refractivity contribution in [3.05, 3.63) is 59.2 Å². The minimum Gasteiger partial charge on any atom is -0.0619 e. The maximum absolute atomic E-state index is 2.28. The van der Waals surface area contributed by atoms with Crippen molar-refractivity contribution < 1.29 is 0 Å². The Bertz CT molecular complexity index is 535. The second-order valence-electron chi connectivity index (χ2n) is 4.86. The Balaban J connectivity index is 2.24. The van der Waals surface area contributed by atoms with Gasteiger partial charge >= 0.3 is 0 Å². The molecule has 1 aliphatic rings. The van der Waals surface area contributed by atoms with E-state index in [1.165, 1.54) is 22.3 Å². The van der Waals surface area contributed by atoms with Crippen LogP contribution in [-0.2, 0) is 6.42 Å². The van der Waals surface area contributed by atoms with Gasteiger partial charge in [0, 0.05) is 0 Å². The zero-order valence-corrected chi connectivity index (χ0v) is 9.83. The molecule has 0 bridgehead atoms. The van der Waals surface area contributed by atoms with E-state index in [-0.39, 0.29) is 0 Å². The van der Waals surface area contributed by atoms with Gasteiger partial charge in [0.25, 0.3) is 0 Å². The Kier molecular flexibility index (Phi) is 2.10. The van der Waals surface area contributed by atoms with Crippen LogP contribution < -0.4 is 0 Å². The van der Waals surface area contributed by atoms with Crippen LogP contribution >= 0.6 is 0 Å². The summed E-state index contributed by atoms with van der Waals surface area (Å²) in [6, 6.07) is 15.5. The summed E-state index contributed by atoms with van der Waals surface area (Å²) in [5.41, 5.74) is 7.40. The van der Waals surface area contributed by atoms with Crippen LogP contribution in [0.3, 0.4) is 0 Å². The second kappa shape index (κ2) is 3.48. The van der Waals surface area contributed by atoms with Crippen molar-refractivity contribution in [1.29, 1.82) is 0 Å². The van der Waals surface area contributed by atoms with Gasteiger partial charge in [-0.3, -0.25) is 0 Å². The summed E-state index contributed by atoms with van der Waals surface area (Å²) in [7, 11) is 0. The molecule has 0 aliphatic heterocycles. The molecule has 0 fully saturated rings. The van der Waals surface area contributed by atoms with Crippen LogP contribution in [0.25, 0.3) is 11.1 Å². The highest BCUT2D eigenvalue weighted by Crippen LogP contribution is 2.39. The summed E-state index contributed by atoms with van der Waals surface area (Å²) in [5.74, 6) is 0.615. The maximum Gasteiger partial charge on any atom is -0.00106 e. The lowest BCUT2D eigenvalue weighted by Crippen LogP contribution is -1.94. The summed E-state index contributed by atoms with van der Waals surface area (Å²) < 4.78 is 0. The molecule has 0 radical (unpaired) electrons. The monoisotopic (exact) mass is 208 g/mol. The minimum atomic E-state index is 0.615. The fraction of sp³-hybridized carbons (Fsp3) is 0.250. The average Bonchev–Trinajstić information content (AvgIpc) is 2.67. The van der Waals surface area contributed by atoms with Crippen LogP contribution in [0.1, 0.15) is 36.5 Å². The molecule has 0 heteroatoms. The molecular weight excluding hydrogens is 192 g/mol. The van der Waals surface area contributed by atoms with E-state index in [4.69, 9.17) is 0 Å². The van der Waals surface area contributed by atoms with Crippen LogP contribution in [0.15, 0.2) is 42.5 Å². The molecule has 16 heavy (non-hydrogen) atoms. The minimum absolute atomic E-state index is 0.615. The van der Waals surface area contributed by atoms with E-state index in [1.807, 2.05) is 0 Å². The number of hydrogen-bond acceptors (Lipinski definition) is 0. The Morgan fingerprint density at radius 3 is 2.44 bits per heavy atom. The van der Waals surface area contributed by atoms with Gasteiger partial charge in [0.2, 0.25) is 0 Å². The van der Waals surface area contributed by atoms with Gasteiger partial charge in [-0.2, -0.15) is 0 Å². The summed E-state index contributed by atoms with van der Waals surface area (Å²) in [6.07, 6.45) is 1.11. The molecule has 0 saturated heterocycles. The average molecular weight is 208 g/mol. The lowest BCUT2D eigenvalue weighted by atomic mass is 9.94. The van der Waals surface area contributed by atoms with Gasteiger partial charge in [-0.05, 0) is 40.2 Å². The Morgan fingerprint density at radius 1 is 0.875 bits per heavy atom. The molecule has 3 rings (SSSR count). The molecule has 0 amide bonds. The normalized spacial score (nSPS) is 12.7. The first kappa shape index (κ1) is 9.65. The fourth-order valence-corrected chi connectivity index (χ4v) is 2.72. The molecule has 2 aromatic carbocycles. The third-order valence-corrected chi connectivity index (χ3v) is 3.51. The van der Waals surface area contributed by atoms with Crippen LogP contribution in [0.5, 0.6) is 0 Å². The lowest BCUT2D eigenvalue weighted by molar-refractivity contribution is 0.852. The molecule has 0 unspecified atom stereocenters. The summed E-state index contributed by atoms with van der Waals surface area (Å²) in [6.45, 7) is 4.55. The quantitative estimate of drug-likeness (QED) is 0.556. The first-order valence-corrected chi connectivity index (χ1v) is 5.97. The first-order valence-electron chi connectivity index (χ1n) is 5.97. The SMILES string of the molecule is CC(C)c1cccc2c1Cc1ccccc1-2. The largest absolute Gasteiger partial charge is 0.0619 e. The summed E-state index contributed by atoms with van der Waals surface area (Å²) >= 11 is 0. The predicted octanol–water partition coefficient (Wildman–Crippen LogP) is 4.38. The topological polar surface area (TPSA) is 0 Å². The van der Waals surface area contributed by atoms with Crippen LogP contribution in [0.2, 0.25) is 0 Å². The molecule has 80 valence electrons. The molecular formula is C16H16. The highest BCUT2D eigenvalue weighted by molar-refractivity contribution is 5.78. The molecule has 1 aliphatic carbocycles. The fourth-order valence-electron chi connectivity index (χ4n) is 2.72. The number of fused-ring (bicyclic) bond motifs is 3. The van der Waals surface area contributed by atoms with E-state index in [2.05, 4.69) is 56.3 Å². The zero-order chi connectivity index (χ0) is 11.1. The van der Waals surface area contributed by atoms with Crippen LogP contribution in [0, 0.1) is 0 Å². The van der Waals surface area contributed by atoms with Crippen LogP contribution in [0.4, 0.5) is 0 Å². The van der Waals surface area contributed by atoms with E-state index in [9.17, 15) is 0 Å². The molecule has 0 aromatic heterocycles. The van der Waals surface area contributed by atoms with Gasteiger partial charge in [-0.25, -0.2) is 0 Å². The van der Waals surface area contributed by atoms with Crippen molar-refractivity contribution >= 4 is 0 Å². The van der Waals surface area contributed by atoms with E-state index in [1.54, 1.807) is 5.56 Å². The molecule has 2 aromatic rings. The molecule has 0 nitrogen and oxygen atoms in total. The smallest absolute Gasteiger partial charge is 0.00106 e. The molecule has 0 spiro atoms. The molecule has 0 saturated carbocycles. The van der Waals surface area contributed by atoms with Crippen molar-refractivity contribution in [2.45, 2.75) is 26.2 Å². The van der Waals surface area contributed by atoms with Crippen LogP contribution in [-0.4, -0.2) is 0 Å². The molecule has 0 N–H and O–H groups in total. The zero-order valence-electron chi connectivity index (χ0n) is 9.83. The second-order valence-corrected chi connectivity index (χ2v) is 4.86. The van der Waals surface area contributed by atoms with Crippen molar-refractivity contribution in [3.8, 4) is 11.1 Å². The van der Waals surface area contributed by atoms with Gasteiger partial charge in [-0.1, -0.05) is 56.3 Å². The van der Waals surface area contributed by atoms with Gasteiger partial charge in [0.15, 0.2) is 0 Å². The Hall–Kier alpha value is -1.56. The summed E-state index contributed by atoms with van der Waals surface area (Å²) in [4.78, 5) is 0. The van der Waals surface area contributed by atoms with Gasteiger partial charge in [-0.15, -0.1) is 0 Å². The van der Waals surface area contributed by atoms with E-state index >= 15 is 0 Å². The highest BCUT2D eigenvalue weighted by Gasteiger charge is 2.20. The number of rotatable bonds is 1. The van der Waals surface area contributed by atoms with Crippen molar-refractivity contribution in [1.82, 2.24) is 0 Å². The van der Waals surface area contributed by atoms with Gasteiger partial charge < -0.3 is 0 Å². The Labute approximate surface area is 96.9 Å². The number of benzene rings is 2. The predicted molar refractivity (Wildman–Crippen MR) is 68.8 cm³/mol. The lowest BCUT2D eigenvalue weighted by Gasteiger charge is -2.11. The summed E-state index contributed by atoms with van der Waals surface area (Å²) in [5, 5.41) is 0. The van der Waals surface area contributed by atoms with E-state index in [0.717, 1.165) is 6.42 Å². The van der Waals surface area contributed by atoms with Crippen molar-refractivity contribution in [2.75, 3.05) is 0 Å². The standard InChI is InChI=1S/C16H16/c1-11(2)13-8-5-9-15-14-7-4-3-6-12(14)10-16(13)15/h3-9,11H,10H2,1-2H3. The van der Waals surface area contributed by atoms with E-state index < -0.39 is 0 Å². The maximum atomic E-state index is 2.28. The third kappa shape index (κ3) is 1.30. The van der Waals surface area contributed by atoms with Crippen molar-refractivity contribution in [2.24, 2.45) is 0 Å². The van der Waals surface area contributed by atoms with E-state index in [0.29, 0.717) is 5.92 Å². The van der Waals surface area contributed by atoms with Gasteiger partial charge in [0.1, 0.15) is 0 Å². The molecule has 0 heterocycles. The number of hydrogen-bond donors (Lipinski definition) is 0. The van der Waals surface area contributed by atoms with Crippen molar-refractivity contribution in [3.63, 3.8) is 0 Å². The Morgan fingerprint density at radius 2 is 1.62 bits per heavy atom. The first-order chi connectivity index (χ1) is 7.77. The molecule has 0 atom stereocenters. The van der Waals surface area contributed by atoms with Gasteiger partial charge in [0.05, 0.1) is 0 Å².